The quantitative estimate of drug-likeness (QED) is 0.531. The molecular formula is C20H22N2O4S2. The van der Waals surface area contributed by atoms with Crippen molar-refractivity contribution in [3.05, 3.63) is 70.7 Å². The smallest absolute Gasteiger partial charge is 0.243 e. The Labute approximate surface area is 169 Å². The van der Waals surface area contributed by atoms with E-state index < -0.39 is 10.0 Å². The number of thiophene rings is 1. The normalized spacial score (nSPS) is 11.5. The molecule has 0 fully saturated rings. The molecule has 0 unspecified atom stereocenters. The number of hydrogen-bond acceptors (Lipinski definition) is 6. The van der Waals surface area contributed by atoms with Gasteiger partial charge in [0.05, 0.1) is 19.1 Å². The Kier molecular flexibility index (Phi) is 6.66. The molecular weight excluding hydrogens is 396 g/mol. The van der Waals surface area contributed by atoms with Gasteiger partial charge in [0.25, 0.3) is 0 Å². The average molecular weight is 419 g/mol. The third kappa shape index (κ3) is 4.70. The van der Waals surface area contributed by atoms with Gasteiger partial charge in [-0.25, -0.2) is 8.42 Å². The van der Waals surface area contributed by atoms with Gasteiger partial charge in [-0.2, -0.15) is 4.31 Å². The molecule has 8 heteroatoms. The second-order valence-corrected chi connectivity index (χ2v) is 9.02. The van der Waals surface area contributed by atoms with Gasteiger partial charge >= 0.3 is 0 Å². The minimum Gasteiger partial charge on any atom is -0.493 e. The topological polar surface area (TPSA) is 68.7 Å². The highest BCUT2D eigenvalue weighted by Crippen LogP contribution is 2.31. The van der Waals surface area contributed by atoms with Gasteiger partial charge in [-0.3, -0.25) is 4.98 Å². The van der Waals surface area contributed by atoms with E-state index in [9.17, 15) is 8.42 Å². The molecule has 0 aliphatic carbocycles. The highest BCUT2D eigenvalue weighted by atomic mass is 32.2. The Morgan fingerprint density at radius 3 is 2.54 bits per heavy atom. The van der Waals surface area contributed by atoms with Crippen molar-refractivity contribution in [2.24, 2.45) is 0 Å². The van der Waals surface area contributed by atoms with Crippen LogP contribution in [0.4, 0.5) is 0 Å². The first-order valence-corrected chi connectivity index (χ1v) is 11.0. The molecule has 2 aromatic heterocycles. The summed E-state index contributed by atoms with van der Waals surface area (Å²) in [5.41, 5.74) is 0.831. The maximum atomic E-state index is 13.4. The number of methoxy groups -OCH3 is 2. The summed E-state index contributed by atoms with van der Waals surface area (Å²) >= 11 is 1.62. The second kappa shape index (κ2) is 9.18. The number of benzene rings is 1. The molecule has 0 saturated heterocycles. The number of hydrogen-bond donors (Lipinski definition) is 0. The van der Waals surface area contributed by atoms with Crippen molar-refractivity contribution >= 4 is 21.4 Å². The number of pyridine rings is 1. The van der Waals surface area contributed by atoms with Crippen molar-refractivity contribution < 1.29 is 17.9 Å². The van der Waals surface area contributed by atoms with Crippen LogP contribution in [0.2, 0.25) is 0 Å². The summed E-state index contributed by atoms with van der Waals surface area (Å²) in [7, 11) is -0.735. The molecule has 148 valence electrons. The van der Waals surface area contributed by atoms with Crippen molar-refractivity contribution in [3.63, 3.8) is 0 Å². The van der Waals surface area contributed by atoms with Gasteiger partial charge in [-0.05, 0) is 41.6 Å². The van der Waals surface area contributed by atoms with E-state index in [1.807, 2.05) is 23.6 Å². The molecule has 0 atom stereocenters. The van der Waals surface area contributed by atoms with E-state index >= 15 is 0 Å². The van der Waals surface area contributed by atoms with Crippen molar-refractivity contribution in [1.29, 1.82) is 0 Å². The zero-order valence-corrected chi connectivity index (χ0v) is 17.4. The molecule has 2 heterocycles. The maximum absolute atomic E-state index is 13.4. The Morgan fingerprint density at radius 2 is 1.89 bits per heavy atom. The summed E-state index contributed by atoms with van der Waals surface area (Å²) in [4.78, 5) is 5.40. The van der Waals surface area contributed by atoms with Crippen LogP contribution in [0, 0.1) is 0 Å². The van der Waals surface area contributed by atoms with Crippen LogP contribution < -0.4 is 9.47 Å². The molecule has 6 nitrogen and oxygen atoms in total. The minimum absolute atomic E-state index is 0.167. The molecule has 3 aromatic rings. The molecule has 3 rings (SSSR count). The third-order valence-electron chi connectivity index (χ3n) is 4.26. The summed E-state index contributed by atoms with van der Waals surface area (Å²) < 4.78 is 38.7. The summed E-state index contributed by atoms with van der Waals surface area (Å²) in [6, 6.07) is 12.3. The molecule has 0 radical (unpaired) electrons. The number of aromatic nitrogens is 1. The second-order valence-electron chi connectivity index (χ2n) is 6.05. The maximum Gasteiger partial charge on any atom is 0.243 e. The van der Waals surface area contributed by atoms with Gasteiger partial charge in [0.2, 0.25) is 10.0 Å². The number of nitrogens with zero attached hydrogens (tertiary/aromatic N) is 2. The van der Waals surface area contributed by atoms with Crippen LogP contribution in [0.1, 0.15) is 10.4 Å². The first-order chi connectivity index (χ1) is 13.5. The SMILES string of the molecule is COc1ccc(S(=O)(=O)N(CCc2cccs2)Cc2cccnc2)cc1OC. The van der Waals surface area contributed by atoms with Crippen LogP contribution in [-0.2, 0) is 23.0 Å². The number of sulfonamides is 1. The zero-order chi connectivity index (χ0) is 20.0. The van der Waals surface area contributed by atoms with Gasteiger partial charge in [-0.15, -0.1) is 11.3 Å². The predicted octanol–water partition coefficient (Wildman–Crippen LogP) is 3.59. The Morgan fingerprint density at radius 1 is 1.07 bits per heavy atom. The molecule has 0 N–H and O–H groups in total. The van der Waals surface area contributed by atoms with Gasteiger partial charge < -0.3 is 9.47 Å². The number of ether oxygens (including phenoxy) is 2. The summed E-state index contributed by atoms with van der Waals surface area (Å²) in [6.07, 6.45) is 4.00. The average Bonchev–Trinajstić information content (AvgIpc) is 3.24. The summed E-state index contributed by atoms with van der Waals surface area (Å²) in [5.74, 6) is 0.863. The van der Waals surface area contributed by atoms with Crippen molar-refractivity contribution in [3.8, 4) is 11.5 Å². The fourth-order valence-electron chi connectivity index (χ4n) is 2.80. The lowest BCUT2D eigenvalue weighted by Gasteiger charge is -2.22. The highest BCUT2D eigenvalue weighted by molar-refractivity contribution is 7.89. The van der Waals surface area contributed by atoms with E-state index in [4.69, 9.17) is 9.47 Å². The molecule has 0 aliphatic heterocycles. The van der Waals surface area contributed by atoms with Crippen LogP contribution in [0.3, 0.4) is 0 Å². The molecule has 0 saturated carbocycles. The lowest BCUT2D eigenvalue weighted by atomic mass is 10.3. The summed E-state index contributed by atoms with van der Waals surface area (Å²) in [5, 5.41) is 1.99. The molecule has 0 amide bonds. The molecule has 28 heavy (non-hydrogen) atoms. The van der Waals surface area contributed by atoms with E-state index in [2.05, 4.69) is 4.98 Å². The molecule has 1 aromatic carbocycles. The molecule has 0 bridgehead atoms. The van der Waals surface area contributed by atoms with E-state index in [-0.39, 0.29) is 11.4 Å². The monoisotopic (exact) mass is 418 g/mol. The minimum atomic E-state index is -3.74. The van der Waals surface area contributed by atoms with Gasteiger partial charge in [0.15, 0.2) is 11.5 Å². The molecule has 0 aliphatic rings. The van der Waals surface area contributed by atoms with Crippen molar-refractivity contribution in [1.82, 2.24) is 9.29 Å². The van der Waals surface area contributed by atoms with E-state index in [1.165, 1.54) is 30.7 Å². The Bertz CT molecular complexity index is 990. The van der Waals surface area contributed by atoms with Crippen LogP contribution in [0.25, 0.3) is 0 Å². The predicted molar refractivity (Wildman–Crippen MR) is 109 cm³/mol. The van der Waals surface area contributed by atoms with Gasteiger partial charge in [0.1, 0.15) is 0 Å². The third-order valence-corrected chi connectivity index (χ3v) is 7.04. The Balaban J connectivity index is 1.92. The van der Waals surface area contributed by atoms with Crippen LogP contribution in [0.5, 0.6) is 11.5 Å². The van der Waals surface area contributed by atoms with Gasteiger partial charge in [0, 0.05) is 36.4 Å². The summed E-state index contributed by atoms with van der Waals surface area (Å²) in [6.45, 7) is 0.613. The first kappa shape index (κ1) is 20.3. The van der Waals surface area contributed by atoms with E-state index in [0.29, 0.717) is 24.5 Å². The zero-order valence-electron chi connectivity index (χ0n) is 15.7. The lowest BCUT2D eigenvalue weighted by Crippen LogP contribution is -2.32. The van der Waals surface area contributed by atoms with Crippen LogP contribution >= 0.6 is 11.3 Å². The van der Waals surface area contributed by atoms with Crippen molar-refractivity contribution in [2.75, 3.05) is 20.8 Å². The lowest BCUT2D eigenvalue weighted by molar-refractivity contribution is 0.353. The molecule has 0 spiro atoms. The van der Waals surface area contributed by atoms with Crippen molar-refractivity contribution in [2.45, 2.75) is 17.9 Å². The van der Waals surface area contributed by atoms with E-state index in [1.54, 1.807) is 35.9 Å². The fraction of sp³-hybridized carbons (Fsp3) is 0.250. The van der Waals surface area contributed by atoms with Crippen LogP contribution in [-0.4, -0.2) is 38.5 Å². The first-order valence-electron chi connectivity index (χ1n) is 8.68. The van der Waals surface area contributed by atoms with Gasteiger partial charge in [-0.1, -0.05) is 12.1 Å². The van der Waals surface area contributed by atoms with Crippen LogP contribution in [0.15, 0.2) is 65.1 Å². The number of rotatable bonds is 9. The standard InChI is InChI=1S/C20H22N2O4S2/c1-25-19-8-7-18(13-20(19)26-2)28(23,24)22(11-9-17-6-4-12-27-17)15-16-5-3-10-21-14-16/h3-8,10,12-14H,9,11,15H2,1-2H3. The van der Waals surface area contributed by atoms with E-state index in [0.717, 1.165) is 10.4 Å². The largest absolute Gasteiger partial charge is 0.493 e. The Hall–Kier alpha value is -2.42. The highest BCUT2D eigenvalue weighted by Gasteiger charge is 2.26. The fourth-order valence-corrected chi connectivity index (χ4v) is 4.94.